The van der Waals surface area contributed by atoms with E-state index in [2.05, 4.69) is 0 Å². The quantitative estimate of drug-likeness (QED) is 0.895. The van der Waals surface area contributed by atoms with Crippen LogP contribution in [0.5, 0.6) is 5.75 Å². The molecule has 0 aliphatic carbocycles. The van der Waals surface area contributed by atoms with Gasteiger partial charge in [-0.15, -0.1) is 0 Å². The van der Waals surface area contributed by atoms with Crippen molar-refractivity contribution in [1.29, 1.82) is 0 Å². The zero-order valence-corrected chi connectivity index (χ0v) is 10.8. The first-order valence-electron chi connectivity index (χ1n) is 5.64. The molecule has 0 bridgehead atoms. The predicted octanol–water partition coefficient (Wildman–Crippen LogP) is 3.62. The maximum absolute atomic E-state index is 10.3. The molecule has 2 aromatic rings. The van der Waals surface area contributed by atoms with E-state index in [1.165, 1.54) is 0 Å². The molecular formula is C14H16O2S. The fourth-order valence-electron chi connectivity index (χ4n) is 1.68. The molecule has 0 spiro atoms. The maximum atomic E-state index is 10.3. The van der Waals surface area contributed by atoms with E-state index in [1.54, 1.807) is 11.3 Å². The SMILES string of the molecule is CC(C)Oc1ccccc1C(O)c1ccsc1. The van der Waals surface area contributed by atoms with Crippen molar-refractivity contribution in [1.82, 2.24) is 0 Å². The van der Waals surface area contributed by atoms with Crippen LogP contribution < -0.4 is 4.74 Å². The normalized spacial score (nSPS) is 12.7. The van der Waals surface area contributed by atoms with Crippen molar-refractivity contribution in [3.05, 3.63) is 52.2 Å². The van der Waals surface area contributed by atoms with E-state index in [9.17, 15) is 5.11 Å². The summed E-state index contributed by atoms with van der Waals surface area (Å²) < 4.78 is 5.71. The number of hydrogen-bond donors (Lipinski definition) is 1. The molecule has 1 aromatic heterocycles. The van der Waals surface area contributed by atoms with Crippen molar-refractivity contribution < 1.29 is 9.84 Å². The number of para-hydroxylation sites is 1. The van der Waals surface area contributed by atoms with Crippen LogP contribution in [0.15, 0.2) is 41.1 Å². The Kier molecular flexibility index (Phi) is 3.82. The van der Waals surface area contributed by atoms with Gasteiger partial charge in [-0.2, -0.15) is 11.3 Å². The second-order valence-corrected chi connectivity index (χ2v) is 4.94. The Bertz CT molecular complexity index is 463. The van der Waals surface area contributed by atoms with Gasteiger partial charge >= 0.3 is 0 Å². The summed E-state index contributed by atoms with van der Waals surface area (Å²) in [5, 5.41) is 14.2. The van der Waals surface area contributed by atoms with Gasteiger partial charge in [0.2, 0.25) is 0 Å². The Morgan fingerprint density at radius 2 is 1.94 bits per heavy atom. The van der Waals surface area contributed by atoms with Crippen LogP contribution in [0.2, 0.25) is 0 Å². The molecule has 0 fully saturated rings. The van der Waals surface area contributed by atoms with Crippen LogP contribution in [0.3, 0.4) is 0 Å². The number of thiophene rings is 1. The van der Waals surface area contributed by atoms with E-state index < -0.39 is 6.10 Å². The predicted molar refractivity (Wildman–Crippen MR) is 70.6 cm³/mol. The van der Waals surface area contributed by atoms with Crippen molar-refractivity contribution in [3.8, 4) is 5.75 Å². The average molecular weight is 248 g/mol. The molecule has 1 atom stereocenters. The molecule has 0 radical (unpaired) electrons. The van der Waals surface area contributed by atoms with E-state index in [0.717, 1.165) is 16.9 Å². The van der Waals surface area contributed by atoms with Gasteiger partial charge in [0, 0.05) is 5.56 Å². The number of rotatable bonds is 4. The van der Waals surface area contributed by atoms with Crippen LogP contribution in [0.4, 0.5) is 0 Å². The third-order valence-corrected chi connectivity index (χ3v) is 3.14. The molecule has 0 saturated heterocycles. The molecule has 0 aliphatic heterocycles. The van der Waals surface area contributed by atoms with E-state index in [1.807, 2.05) is 54.9 Å². The van der Waals surface area contributed by atoms with Gasteiger partial charge < -0.3 is 9.84 Å². The van der Waals surface area contributed by atoms with Gasteiger partial charge in [0.25, 0.3) is 0 Å². The molecule has 0 aliphatic rings. The highest BCUT2D eigenvalue weighted by atomic mass is 32.1. The molecule has 1 N–H and O–H groups in total. The zero-order valence-electron chi connectivity index (χ0n) is 9.96. The van der Waals surface area contributed by atoms with Crippen molar-refractivity contribution in [3.63, 3.8) is 0 Å². The minimum absolute atomic E-state index is 0.103. The maximum Gasteiger partial charge on any atom is 0.125 e. The minimum Gasteiger partial charge on any atom is -0.491 e. The summed E-state index contributed by atoms with van der Waals surface area (Å²) in [5.74, 6) is 0.751. The summed E-state index contributed by atoms with van der Waals surface area (Å²) in [4.78, 5) is 0. The minimum atomic E-state index is -0.615. The Balaban J connectivity index is 2.31. The molecule has 1 unspecified atom stereocenters. The van der Waals surface area contributed by atoms with Crippen LogP contribution >= 0.6 is 11.3 Å². The van der Waals surface area contributed by atoms with Crippen molar-refractivity contribution in [2.75, 3.05) is 0 Å². The van der Waals surface area contributed by atoms with Crippen LogP contribution in [0.25, 0.3) is 0 Å². The van der Waals surface area contributed by atoms with Crippen LogP contribution in [-0.4, -0.2) is 11.2 Å². The lowest BCUT2D eigenvalue weighted by Crippen LogP contribution is -2.09. The molecular weight excluding hydrogens is 232 g/mol. The van der Waals surface area contributed by atoms with E-state index in [-0.39, 0.29) is 6.10 Å². The first-order valence-corrected chi connectivity index (χ1v) is 6.58. The molecule has 0 saturated carbocycles. The summed E-state index contributed by atoms with van der Waals surface area (Å²) in [7, 11) is 0. The first-order chi connectivity index (χ1) is 8.18. The topological polar surface area (TPSA) is 29.5 Å². The second-order valence-electron chi connectivity index (χ2n) is 4.16. The van der Waals surface area contributed by atoms with Gasteiger partial charge in [-0.1, -0.05) is 18.2 Å². The van der Waals surface area contributed by atoms with Crippen LogP contribution in [-0.2, 0) is 0 Å². The summed E-state index contributed by atoms with van der Waals surface area (Å²) in [6.07, 6.45) is -0.512. The number of hydrogen-bond acceptors (Lipinski definition) is 3. The number of ether oxygens (including phenoxy) is 1. The van der Waals surface area contributed by atoms with Gasteiger partial charge in [-0.25, -0.2) is 0 Å². The van der Waals surface area contributed by atoms with Crippen molar-refractivity contribution in [2.45, 2.75) is 26.1 Å². The lowest BCUT2D eigenvalue weighted by Gasteiger charge is -2.17. The molecule has 2 rings (SSSR count). The third kappa shape index (κ3) is 2.87. The van der Waals surface area contributed by atoms with Gasteiger partial charge in [0.05, 0.1) is 6.10 Å². The molecule has 17 heavy (non-hydrogen) atoms. The monoisotopic (exact) mass is 248 g/mol. The number of aliphatic hydroxyl groups is 1. The Hall–Kier alpha value is -1.32. The van der Waals surface area contributed by atoms with Crippen molar-refractivity contribution >= 4 is 11.3 Å². The summed E-state index contributed by atoms with van der Waals surface area (Å²) >= 11 is 1.58. The van der Waals surface area contributed by atoms with Gasteiger partial charge in [-0.05, 0) is 42.3 Å². The highest BCUT2D eigenvalue weighted by Gasteiger charge is 2.16. The molecule has 1 aromatic carbocycles. The highest BCUT2D eigenvalue weighted by Crippen LogP contribution is 2.31. The summed E-state index contributed by atoms with van der Waals surface area (Å²) in [5.41, 5.74) is 1.73. The Labute approximate surface area is 105 Å². The molecule has 0 amide bonds. The fraction of sp³-hybridized carbons (Fsp3) is 0.286. The highest BCUT2D eigenvalue weighted by molar-refractivity contribution is 7.07. The summed E-state index contributed by atoms with van der Waals surface area (Å²) in [6, 6.07) is 9.56. The first kappa shape index (κ1) is 12.1. The van der Waals surface area contributed by atoms with Gasteiger partial charge in [0.15, 0.2) is 0 Å². The van der Waals surface area contributed by atoms with E-state index >= 15 is 0 Å². The summed E-state index contributed by atoms with van der Waals surface area (Å²) in [6.45, 7) is 3.96. The van der Waals surface area contributed by atoms with E-state index in [4.69, 9.17) is 4.74 Å². The third-order valence-electron chi connectivity index (χ3n) is 2.44. The molecule has 2 nitrogen and oxygen atoms in total. The Morgan fingerprint density at radius 1 is 1.18 bits per heavy atom. The lowest BCUT2D eigenvalue weighted by atomic mass is 10.0. The fourth-order valence-corrected chi connectivity index (χ4v) is 2.36. The van der Waals surface area contributed by atoms with Crippen LogP contribution in [0.1, 0.15) is 31.1 Å². The van der Waals surface area contributed by atoms with Crippen molar-refractivity contribution in [2.24, 2.45) is 0 Å². The van der Waals surface area contributed by atoms with E-state index in [0.29, 0.717) is 0 Å². The van der Waals surface area contributed by atoms with Crippen LogP contribution in [0, 0.1) is 0 Å². The molecule has 1 heterocycles. The van der Waals surface area contributed by atoms with Gasteiger partial charge in [0.1, 0.15) is 11.9 Å². The lowest BCUT2D eigenvalue weighted by molar-refractivity contribution is 0.198. The second kappa shape index (κ2) is 5.34. The number of aliphatic hydroxyl groups excluding tert-OH is 1. The standard InChI is InChI=1S/C14H16O2S/c1-10(2)16-13-6-4-3-5-12(13)14(15)11-7-8-17-9-11/h3-10,14-15H,1-2H3. The van der Waals surface area contributed by atoms with Gasteiger partial charge in [-0.3, -0.25) is 0 Å². The largest absolute Gasteiger partial charge is 0.491 e. The Morgan fingerprint density at radius 3 is 2.59 bits per heavy atom. The molecule has 90 valence electrons. The molecule has 3 heteroatoms. The number of benzene rings is 1. The zero-order chi connectivity index (χ0) is 12.3. The average Bonchev–Trinajstić information content (AvgIpc) is 2.81. The smallest absolute Gasteiger partial charge is 0.125 e.